The van der Waals surface area contributed by atoms with E-state index in [4.69, 9.17) is 5.73 Å². The molecule has 0 spiro atoms. The lowest BCUT2D eigenvalue weighted by molar-refractivity contribution is 0.103. The summed E-state index contributed by atoms with van der Waals surface area (Å²) in [7, 11) is 0. The Morgan fingerprint density at radius 3 is 2.24 bits per heavy atom. The van der Waals surface area contributed by atoms with Crippen LogP contribution < -0.4 is 5.73 Å². The summed E-state index contributed by atoms with van der Waals surface area (Å²) in [6, 6.07) is 10.4. The van der Waals surface area contributed by atoms with Crippen molar-refractivity contribution in [3.63, 3.8) is 0 Å². The van der Waals surface area contributed by atoms with Gasteiger partial charge in [0.1, 0.15) is 5.82 Å². The third-order valence-corrected chi connectivity index (χ3v) is 3.06. The molecule has 4 heteroatoms. The highest BCUT2D eigenvalue weighted by Gasteiger charge is 2.10. The molecule has 0 bridgehead atoms. The molecule has 0 aliphatic heterocycles. The van der Waals surface area contributed by atoms with E-state index in [0.29, 0.717) is 21.3 Å². The van der Waals surface area contributed by atoms with E-state index >= 15 is 0 Å². The fraction of sp³-hybridized carbons (Fsp3) is 0. The highest BCUT2D eigenvalue weighted by atomic mass is 79.9. The highest BCUT2D eigenvalue weighted by Crippen LogP contribution is 2.22. The normalized spacial score (nSPS) is 10.2. The number of benzene rings is 2. The fourth-order valence-electron chi connectivity index (χ4n) is 1.44. The van der Waals surface area contributed by atoms with Crippen molar-refractivity contribution >= 4 is 27.4 Å². The van der Waals surface area contributed by atoms with Gasteiger partial charge in [-0.2, -0.15) is 0 Å². The molecule has 2 aromatic carbocycles. The van der Waals surface area contributed by atoms with E-state index in [2.05, 4.69) is 15.9 Å². The summed E-state index contributed by atoms with van der Waals surface area (Å²) in [5.41, 5.74) is 7.17. The summed E-state index contributed by atoms with van der Waals surface area (Å²) < 4.78 is 13.4. The molecular weight excluding hydrogens is 285 g/mol. The quantitative estimate of drug-likeness (QED) is 0.681. The van der Waals surface area contributed by atoms with Crippen molar-refractivity contribution in [3.8, 4) is 0 Å². The Bertz CT molecular complexity index is 566. The summed E-state index contributed by atoms with van der Waals surface area (Å²) in [5.74, 6) is -0.522. The average Bonchev–Trinajstić information content (AvgIpc) is 2.33. The first-order chi connectivity index (χ1) is 8.08. The Morgan fingerprint density at radius 2 is 1.65 bits per heavy atom. The Kier molecular flexibility index (Phi) is 3.24. The maximum absolute atomic E-state index is 12.7. The molecule has 0 saturated carbocycles. The number of carbonyl (C=O) groups excluding carboxylic acids is 1. The van der Waals surface area contributed by atoms with Gasteiger partial charge in [-0.05, 0) is 58.4 Å². The van der Waals surface area contributed by atoms with E-state index in [9.17, 15) is 9.18 Å². The SMILES string of the molecule is Nc1ccc(C(=O)c2ccc(F)cc2)cc1Br. The lowest BCUT2D eigenvalue weighted by atomic mass is 10.0. The molecule has 86 valence electrons. The Balaban J connectivity index is 2.37. The second kappa shape index (κ2) is 4.67. The lowest BCUT2D eigenvalue weighted by Crippen LogP contribution is -2.02. The summed E-state index contributed by atoms with van der Waals surface area (Å²) >= 11 is 3.26. The summed E-state index contributed by atoms with van der Waals surface area (Å²) in [5, 5.41) is 0. The monoisotopic (exact) mass is 293 g/mol. The number of hydrogen-bond acceptors (Lipinski definition) is 2. The van der Waals surface area contributed by atoms with Crippen LogP contribution in [0.4, 0.5) is 10.1 Å². The molecule has 2 N–H and O–H groups in total. The smallest absolute Gasteiger partial charge is 0.193 e. The largest absolute Gasteiger partial charge is 0.398 e. The van der Waals surface area contributed by atoms with Crippen molar-refractivity contribution in [1.29, 1.82) is 0 Å². The maximum Gasteiger partial charge on any atom is 0.193 e. The number of rotatable bonds is 2. The topological polar surface area (TPSA) is 43.1 Å². The first-order valence-electron chi connectivity index (χ1n) is 4.93. The number of carbonyl (C=O) groups is 1. The Morgan fingerprint density at radius 1 is 1.06 bits per heavy atom. The molecule has 0 heterocycles. The van der Waals surface area contributed by atoms with Crippen molar-refractivity contribution in [2.75, 3.05) is 5.73 Å². The first-order valence-corrected chi connectivity index (χ1v) is 5.72. The van der Waals surface area contributed by atoms with E-state index in [1.807, 2.05) is 0 Å². The number of ketones is 1. The molecule has 0 atom stereocenters. The van der Waals surface area contributed by atoms with Crippen molar-refractivity contribution in [1.82, 2.24) is 0 Å². The molecule has 17 heavy (non-hydrogen) atoms. The van der Waals surface area contributed by atoms with Crippen LogP contribution in [0.25, 0.3) is 0 Å². The van der Waals surface area contributed by atoms with Gasteiger partial charge < -0.3 is 5.73 Å². The molecule has 2 nitrogen and oxygen atoms in total. The molecular formula is C13H9BrFNO. The van der Waals surface area contributed by atoms with Gasteiger partial charge in [-0.1, -0.05) is 0 Å². The number of anilines is 1. The highest BCUT2D eigenvalue weighted by molar-refractivity contribution is 9.10. The summed E-state index contributed by atoms with van der Waals surface area (Å²) in [6.07, 6.45) is 0. The van der Waals surface area contributed by atoms with Crippen molar-refractivity contribution in [2.45, 2.75) is 0 Å². The molecule has 2 aromatic rings. The van der Waals surface area contributed by atoms with Crippen LogP contribution in [0.15, 0.2) is 46.9 Å². The molecule has 0 amide bonds. The molecule has 2 rings (SSSR count). The van der Waals surface area contributed by atoms with Gasteiger partial charge in [-0.25, -0.2) is 4.39 Å². The van der Waals surface area contributed by atoms with Crippen LogP contribution in [0.5, 0.6) is 0 Å². The number of nitrogen functional groups attached to an aromatic ring is 1. The van der Waals surface area contributed by atoms with Gasteiger partial charge in [0, 0.05) is 21.3 Å². The molecule has 0 aliphatic rings. The molecule has 0 aliphatic carbocycles. The standard InChI is InChI=1S/C13H9BrFNO/c14-11-7-9(3-6-12(11)16)13(17)8-1-4-10(15)5-2-8/h1-7H,16H2. The van der Waals surface area contributed by atoms with Gasteiger partial charge in [0.2, 0.25) is 0 Å². The van der Waals surface area contributed by atoms with Crippen LogP contribution in [-0.4, -0.2) is 5.78 Å². The van der Waals surface area contributed by atoms with Gasteiger partial charge in [0.25, 0.3) is 0 Å². The Hall–Kier alpha value is -1.68. The maximum atomic E-state index is 12.7. The second-order valence-electron chi connectivity index (χ2n) is 3.57. The first kappa shape index (κ1) is 11.8. The van der Waals surface area contributed by atoms with Crippen LogP contribution >= 0.6 is 15.9 Å². The number of nitrogens with two attached hydrogens (primary N) is 1. The minimum Gasteiger partial charge on any atom is -0.398 e. The summed E-state index contributed by atoms with van der Waals surface area (Å²) in [4.78, 5) is 12.0. The van der Waals surface area contributed by atoms with Gasteiger partial charge >= 0.3 is 0 Å². The van der Waals surface area contributed by atoms with Gasteiger partial charge in [0.05, 0.1) is 0 Å². The second-order valence-corrected chi connectivity index (χ2v) is 4.43. The van der Waals surface area contributed by atoms with E-state index in [1.54, 1.807) is 18.2 Å². The minimum atomic E-state index is -0.361. The van der Waals surface area contributed by atoms with Crippen LogP contribution in [0.2, 0.25) is 0 Å². The number of halogens is 2. The minimum absolute atomic E-state index is 0.161. The van der Waals surface area contributed by atoms with Crippen molar-refractivity contribution in [2.24, 2.45) is 0 Å². The third-order valence-electron chi connectivity index (χ3n) is 2.37. The predicted octanol–water partition coefficient (Wildman–Crippen LogP) is 3.40. The van der Waals surface area contributed by atoms with Crippen LogP contribution in [0, 0.1) is 5.82 Å². The summed E-state index contributed by atoms with van der Waals surface area (Å²) in [6.45, 7) is 0. The predicted molar refractivity (Wildman–Crippen MR) is 68.4 cm³/mol. The van der Waals surface area contributed by atoms with Gasteiger partial charge in [-0.15, -0.1) is 0 Å². The lowest BCUT2D eigenvalue weighted by Gasteiger charge is -2.03. The van der Waals surface area contributed by atoms with Crippen LogP contribution in [0.1, 0.15) is 15.9 Å². The van der Waals surface area contributed by atoms with Crippen molar-refractivity contribution in [3.05, 3.63) is 63.9 Å². The zero-order valence-corrected chi connectivity index (χ0v) is 10.4. The average molecular weight is 294 g/mol. The van der Waals surface area contributed by atoms with Crippen LogP contribution in [-0.2, 0) is 0 Å². The Labute approximate surface area is 106 Å². The third kappa shape index (κ3) is 2.53. The molecule has 0 aromatic heterocycles. The molecule has 0 fully saturated rings. The van der Waals surface area contributed by atoms with Gasteiger partial charge in [0.15, 0.2) is 5.78 Å². The van der Waals surface area contributed by atoms with E-state index in [0.717, 1.165) is 0 Å². The zero-order chi connectivity index (χ0) is 12.4. The van der Waals surface area contributed by atoms with E-state index in [1.165, 1.54) is 24.3 Å². The van der Waals surface area contributed by atoms with E-state index < -0.39 is 0 Å². The van der Waals surface area contributed by atoms with Crippen LogP contribution in [0.3, 0.4) is 0 Å². The number of hydrogen-bond donors (Lipinski definition) is 1. The van der Waals surface area contributed by atoms with E-state index in [-0.39, 0.29) is 11.6 Å². The molecule has 0 unspecified atom stereocenters. The molecule has 0 saturated heterocycles. The van der Waals surface area contributed by atoms with Crippen molar-refractivity contribution < 1.29 is 9.18 Å². The fourth-order valence-corrected chi connectivity index (χ4v) is 1.82. The zero-order valence-electron chi connectivity index (χ0n) is 8.78. The molecule has 0 radical (unpaired) electrons. The van der Waals surface area contributed by atoms with Gasteiger partial charge in [-0.3, -0.25) is 4.79 Å².